The van der Waals surface area contributed by atoms with Crippen LogP contribution in [0.1, 0.15) is 63.6 Å². The molecule has 1 aromatic heterocycles. The first-order chi connectivity index (χ1) is 20.0. The number of hydrogen-bond donors (Lipinski definition) is 2. The van der Waals surface area contributed by atoms with Gasteiger partial charge in [-0.3, -0.25) is 14.9 Å². The van der Waals surface area contributed by atoms with Crippen LogP contribution >= 0.6 is 0 Å². The maximum absolute atomic E-state index is 12.1. The first-order valence-corrected chi connectivity index (χ1v) is 14.2. The molecule has 9 nitrogen and oxygen atoms in total. The van der Waals surface area contributed by atoms with Crippen LogP contribution in [0.4, 0.5) is 11.4 Å². The molecule has 4 rings (SSSR count). The summed E-state index contributed by atoms with van der Waals surface area (Å²) in [6, 6.07) is 8.81. The topological polar surface area (TPSA) is 116 Å². The Morgan fingerprint density at radius 2 is 1.93 bits per heavy atom. The standard InChI is InChI=1S/C33H39N3O6/c1-6-7-13-33(4,5)42-18-14-32(2,3)35-16-15-34-28-11-8-23(19-29(28)36(38)39)22-41-31-27-21-26(37)10-9-24(27)20-25-12-17-40-30(25)31/h1,8-12,17,19-20,34-35H,7,13-16,18,21-22H2,2-5H3. The molecule has 1 heterocycles. The summed E-state index contributed by atoms with van der Waals surface area (Å²) in [5, 5.41) is 19.4. The number of anilines is 1. The molecule has 42 heavy (non-hydrogen) atoms. The van der Waals surface area contributed by atoms with Crippen molar-refractivity contribution in [3.63, 3.8) is 0 Å². The van der Waals surface area contributed by atoms with Gasteiger partial charge in [0.2, 0.25) is 0 Å². The zero-order valence-electron chi connectivity index (χ0n) is 24.7. The van der Waals surface area contributed by atoms with Gasteiger partial charge in [0.1, 0.15) is 12.3 Å². The molecule has 0 spiro atoms. The zero-order chi connectivity index (χ0) is 30.3. The quantitative estimate of drug-likeness (QED) is 0.0924. The van der Waals surface area contributed by atoms with Crippen LogP contribution in [0, 0.1) is 22.5 Å². The summed E-state index contributed by atoms with van der Waals surface area (Å²) in [6.45, 7) is 10.1. The summed E-state index contributed by atoms with van der Waals surface area (Å²) < 4.78 is 17.8. The lowest BCUT2D eigenvalue weighted by Crippen LogP contribution is -2.43. The predicted octanol–water partition coefficient (Wildman–Crippen LogP) is 6.44. The van der Waals surface area contributed by atoms with Crippen molar-refractivity contribution >= 4 is 34.2 Å². The summed E-state index contributed by atoms with van der Waals surface area (Å²) >= 11 is 0. The molecule has 1 aliphatic carbocycles. The molecule has 0 aliphatic heterocycles. The summed E-state index contributed by atoms with van der Waals surface area (Å²) in [7, 11) is 0. The van der Waals surface area contributed by atoms with E-state index >= 15 is 0 Å². The van der Waals surface area contributed by atoms with E-state index < -0.39 is 4.92 Å². The zero-order valence-corrected chi connectivity index (χ0v) is 24.7. The average Bonchev–Trinajstić information content (AvgIpc) is 3.41. The van der Waals surface area contributed by atoms with Gasteiger partial charge in [-0.2, -0.15) is 0 Å². The number of hydrogen-bond acceptors (Lipinski definition) is 8. The number of terminal acetylenes is 1. The highest BCUT2D eigenvalue weighted by Crippen LogP contribution is 2.37. The van der Waals surface area contributed by atoms with Crippen molar-refractivity contribution in [2.45, 2.75) is 71.1 Å². The number of carbonyl (C=O) groups is 1. The van der Waals surface area contributed by atoms with E-state index in [2.05, 4.69) is 30.4 Å². The Hall–Kier alpha value is -4.13. The third-order valence-electron chi connectivity index (χ3n) is 7.41. The predicted molar refractivity (Wildman–Crippen MR) is 165 cm³/mol. The number of rotatable bonds is 15. The second kappa shape index (κ2) is 13.2. The van der Waals surface area contributed by atoms with Gasteiger partial charge in [-0.05, 0) is 75.9 Å². The molecule has 222 valence electrons. The van der Waals surface area contributed by atoms with Crippen LogP contribution < -0.4 is 15.4 Å². The minimum absolute atomic E-state index is 0.0180. The van der Waals surface area contributed by atoms with Crippen molar-refractivity contribution in [1.29, 1.82) is 0 Å². The molecule has 0 saturated heterocycles. The molecule has 0 unspecified atom stereocenters. The van der Waals surface area contributed by atoms with Gasteiger partial charge in [0.05, 0.1) is 16.8 Å². The lowest BCUT2D eigenvalue weighted by Gasteiger charge is -2.30. The molecule has 1 aliphatic rings. The lowest BCUT2D eigenvalue weighted by atomic mass is 9.94. The van der Waals surface area contributed by atoms with Crippen LogP contribution in [0.3, 0.4) is 0 Å². The molecule has 0 radical (unpaired) electrons. The SMILES string of the molecule is C#CCCC(C)(C)OCCC(C)(C)NCCNc1ccc(COc2c3c(cc4ccoc24)C=CC(=O)C3)cc1[N+](=O)[O-]. The Labute approximate surface area is 246 Å². The van der Waals surface area contributed by atoms with E-state index in [0.717, 1.165) is 29.4 Å². The number of nitrogens with zero attached hydrogens (tertiary/aromatic N) is 1. The maximum atomic E-state index is 12.1. The van der Waals surface area contributed by atoms with Gasteiger partial charge < -0.3 is 24.5 Å². The van der Waals surface area contributed by atoms with Gasteiger partial charge in [-0.25, -0.2) is 0 Å². The second-order valence-electron chi connectivity index (χ2n) is 11.8. The maximum Gasteiger partial charge on any atom is 0.292 e. The van der Waals surface area contributed by atoms with Crippen LogP contribution in [0.5, 0.6) is 5.75 Å². The molecule has 2 N–H and O–H groups in total. The van der Waals surface area contributed by atoms with Crippen molar-refractivity contribution < 1.29 is 23.6 Å². The molecule has 0 bridgehead atoms. The van der Waals surface area contributed by atoms with E-state index in [-0.39, 0.29) is 35.6 Å². The number of furan rings is 1. The van der Waals surface area contributed by atoms with Gasteiger partial charge in [0.25, 0.3) is 5.69 Å². The van der Waals surface area contributed by atoms with E-state index in [1.165, 1.54) is 6.07 Å². The molecular formula is C33H39N3O6. The number of allylic oxidation sites excluding steroid dienone is 1. The molecule has 0 fully saturated rings. The van der Waals surface area contributed by atoms with E-state index in [9.17, 15) is 14.9 Å². The van der Waals surface area contributed by atoms with Crippen molar-refractivity contribution in [1.82, 2.24) is 5.32 Å². The fraction of sp³-hybridized carbons (Fsp3) is 0.424. The van der Waals surface area contributed by atoms with Crippen molar-refractivity contribution in [3.05, 3.63) is 69.5 Å². The van der Waals surface area contributed by atoms with Crippen molar-refractivity contribution in [3.8, 4) is 18.1 Å². The third-order valence-corrected chi connectivity index (χ3v) is 7.41. The highest BCUT2D eigenvalue weighted by atomic mass is 16.6. The van der Waals surface area contributed by atoms with E-state index in [1.807, 2.05) is 26.0 Å². The van der Waals surface area contributed by atoms with Crippen LogP contribution in [0.15, 0.2) is 47.1 Å². The van der Waals surface area contributed by atoms with Gasteiger partial charge in [-0.1, -0.05) is 12.1 Å². The van der Waals surface area contributed by atoms with Crippen molar-refractivity contribution in [2.24, 2.45) is 0 Å². The van der Waals surface area contributed by atoms with Crippen LogP contribution in [0.2, 0.25) is 0 Å². The fourth-order valence-electron chi connectivity index (χ4n) is 4.88. The van der Waals surface area contributed by atoms with E-state index in [4.69, 9.17) is 20.3 Å². The molecule has 0 atom stereocenters. The smallest absolute Gasteiger partial charge is 0.292 e. The summed E-state index contributed by atoms with van der Waals surface area (Å²) in [5.74, 6) is 3.13. The number of fused-ring (bicyclic) bond motifs is 2. The summed E-state index contributed by atoms with van der Waals surface area (Å²) in [6.07, 6.45) is 12.8. The number of ether oxygens (including phenoxy) is 2. The number of ketones is 1. The van der Waals surface area contributed by atoms with E-state index in [1.54, 1.807) is 30.5 Å². The van der Waals surface area contributed by atoms with Crippen LogP contribution in [0.25, 0.3) is 17.0 Å². The monoisotopic (exact) mass is 573 g/mol. The Morgan fingerprint density at radius 1 is 1.12 bits per heavy atom. The Balaban J connectivity index is 1.33. The number of carbonyl (C=O) groups excluding carboxylic acids is 1. The van der Waals surface area contributed by atoms with Crippen molar-refractivity contribution in [2.75, 3.05) is 25.0 Å². The van der Waals surface area contributed by atoms with Gasteiger partial charge >= 0.3 is 0 Å². The molecular weight excluding hydrogens is 534 g/mol. The molecule has 0 saturated carbocycles. The molecule has 0 amide bonds. The molecule has 9 heteroatoms. The minimum Gasteiger partial charge on any atom is -0.485 e. The van der Waals surface area contributed by atoms with Gasteiger partial charge in [-0.15, -0.1) is 12.3 Å². The Bertz CT molecular complexity index is 1510. The third kappa shape index (κ3) is 7.99. The number of nitro groups is 1. The first kappa shape index (κ1) is 30.8. The second-order valence-corrected chi connectivity index (χ2v) is 11.8. The Kier molecular flexibility index (Phi) is 9.71. The average molecular weight is 574 g/mol. The number of benzene rings is 2. The number of nitro benzene ring substituents is 1. The van der Waals surface area contributed by atoms with Crippen LogP contribution in [-0.2, 0) is 22.6 Å². The Morgan fingerprint density at radius 3 is 2.69 bits per heavy atom. The molecule has 3 aromatic rings. The van der Waals surface area contributed by atoms with Crippen LogP contribution in [-0.4, -0.2) is 41.5 Å². The fourth-order valence-corrected chi connectivity index (χ4v) is 4.88. The van der Waals surface area contributed by atoms with Gasteiger partial charge in [0.15, 0.2) is 17.1 Å². The normalized spacial score (nSPS) is 13.2. The van der Waals surface area contributed by atoms with Gasteiger partial charge in [0, 0.05) is 55.1 Å². The highest BCUT2D eigenvalue weighted by Gasteiger charge is 2.23. The summed E-state index contributed by atoms with van der Waals surface area (Å²) in [5.41, 5.74) is 2.81. The summed E-state index contributed by atoms with van der Waals surface area (Å²) in [4.78, 5) is 23.6. The minimum atomic E-state index is -0.402. The largest absolute Gasteiger partial charge is 0.485 e. The highest BCUT2D eigenvalue weighted by molar-refractivity contribution is 6.01. The first-order valence-electron chi connectivity index (χ1n) is 14.2. The van der Waals surface area contributed by atoms with E-state index in [0.29, 0.717) is 48.7 Å². The lowest BCUT2D eigenvalue weighted by molar-refractivity contribution is -0.384. The molecule has 2 aromatic carbocycles. The number of nitrogens with one attached hydrogen (secondary N) is 2.